The van der Waals surface area contributed by atoms with Crippen molar-refractivity contribution in [3.05, 3.63) is 61.3 Å². The Kier molecular flexibility index (Phi) is 8.05. The highest BCUT2D eigenvalue weighted by atomic mass is 16.4. The van der Waals surface area contributed by atoms with Gasteiger partial charge in [-0.25, -0.2) is 0 Å². The predicted molar refractivity (Wildman–Crippen MR) is 59.0 cm³/mol. The number of rotatable bonds is 6. The minimum absolute atomic E-state index is 0.0599. The third kappa shape index (κ3) is 10.2. The molecule has 0 aliphatic heterocycles. The Bertz CT molecular complexity index is 281. The van der Waals surface area contributed by atoms with Gasteiger partial charge in [0.2, 0.25) is 0 Å². The van der Waals surface area contributed by atoms with Crippen molar-refractivity contribution >= 4 is 5.97 Å². The average molecular weight is 190 g/mol. The fraction of sp³-hybridized carbons (Fsp3) is 0.0833. The van der Waals surface area contributed by atoms with Crippen LogP contribution in [0.1, 0.15) is 6.42 Å². The van der Waals surface area contributed by atoms with Crippen LogP contribution in [0.2, 0.25) is 0 Å². The molecule has 2 nitrogen and oxygen atoms in total. The number of carboxylic acids is 1. The number of carbonyl (C=O) groups is 1. The van der Waals surface area contributed by atoms with Crippen molar-refractivity contribution in [2.75, 3.05) is 0 Å². The molecule has 0 amide bonds. The molecule has 0 unspecified atom stereocenters. The van der Waals surface area contributed by atoms with Crippen molar-refractivity contribution in [3.8, 4) is 0 Å². The van der Waals surface area contributed by atoms with Crippen LogP contribution in [0.4, 0.5) is 0 Å². The summed E-state index contributed by atoms with van der Waals surface area (Å²) in [5, 5.41) is 8.31. The SMILES string of the molecule is C=C/C=C/C=C/C=C/C=C/CC(=O)O. The lowest BCUT2D eigenvalue weighted by molar-refractivity contribution is -0.135. The van der Waals surface area contributed by atoms with Crippen LogP contribution in [-0.2, 0) is 4.79 Å². The van der Waals surface area contributed by atoms with Crippen molar-refractivity contribution in [2.24, 2.45) is 0 Å². The summed E-state index contributed by atoms with van der Waals surface area (Å²) in [5.74, 6) is -0.820. The van der Waals surface area contributed by atoms with Crippen LogP contribution < -0.4 is 0 Å². The van der Waals surface area contributed by atoms with Crippen LogP contribution in [0.15, 0.2) is 61.3 Å². The first-order valence-electron chi connectivity index (χ1n) is 4.26. The molecule has 2 heteroatoms. The second-order valence-corrected chi connectivity index (χ2v) is 2.42. The van der Waals surface area contributed by atoms with E-state index in [1.807, 2.05) is 30.4 Å². The molecule has 0 aliphatic carbocycles. The predicted octanol–water partition coefficient (Wildman–Crippen LogP) is 2.87. The lowest BCUT2D eigenvalue weighted by atomic mass is 10.3. The van der Waals surface area contributed by atoms with Gasteiger partial charge in [0, 0.05) is 0 Å². The van der Waals surface area contributed by atoms with Gasteiger partial charge < -0.3 is 5.11 Å². The second-order valence-electron chi connectivity index (χ2n) is 2.42. The van der Waals surface area contributed by atoms with Crippen LogP contribution in [0.3, 0.4) is 0 Å². The Morgan fingerprint density at radius 3 is 2.00 bits per heavy atom. The van der Waals surface area contributed by atoms with E-state index in [-0.39, 0.29) is 6.42 Å². The minimum atomic E-state index is -0.820. The molecule has 0 atom stereocenters. The quantitative estimate of drug-likeness (QED) is 0.654. The molecule has 14 heavy (non-hydrogen) atoms. The highest BCUT2D eigenvalue weighted by Crippen LogP contribution is 1.85. The van der Waals surface area contributed by atoms with Crippen LogP contribution in [0.25, 0.3) is 0 Å². The van der Waals surface area contributed by atoms with Gasteiger partial charge in [-0.3, -0.25) is 4.79 Å². The third-order valence-corrected chi connectivity index (χ3v) is 1.23. The third-order valence-electron chi connectivity index (χ3n) is 1.23. The summed E-state index contributed by atoms with van der Waals surface area (Å²) in [6.45, 7) is 3.53. The zero-order chi connectivity index (χ0) is 10.6. The van der Waals surface area contributed by atoms with Crippen molar-refractivity contribution in [1.82, 2.24) is 0 Å². The number of hydrogen-bond donors (Lipinski definition) is 1. The maximum atomic E-state index is 10.1. The Balaban J connectivity index is 3.67. The molecule has 0 aromatic rings. The summed E-state index contributed by atoms with van der Waals surface area (Å²) in [6, 6.07) is 0. The number of carboxylic acid groups (broad SMARTS) is 1. The second kappa shape index (κ2) is 9.26. The molecular formula is C12H14O2. The van der Waals surface area contributed by atoms with Crippen LogP contribution >= 0.6 is 0 Å². The summed E-state index contributed by atoms with van der Waals surface area (Å²) in [7, 11) is 0. The van der Waals surface area contributed by atoms with Gasteiger partial charge in [-0.1, -0.05) is 61.3 Å². The summed E-state index contributed by atoms with van der Waals surface area (Å²) < 4.78 is 0. The van der Waals surface area contributed by atoms with E-state index in [2.05, 4.69) is 6.58 Å². The zero-order valence-electron chi connectivity index (χ0n) is 7.97. The van der Waals surface area contributed by atoms with Crippen molar-refractivity contribution in [3.63, 3.8) is 0 Å². The molecular weight excluding hydrogens is 176 g/mol. The maximum absolute atomic E-state index is 10.1. The molecule has 0 bridgehead atoms. The normalized spacial score (nSPS) is 12.3. The first kappa shape index (κ1) is 12.2. The maximum Gasteiger partial charge on any atom is 0.307 e. The molecule has 0 rings (SSSR count). The Morgan fingerprint density at radius 1 is 1.00 bits per heavy atom. The van der Waals surface area contributed by atoms with Gasteiger partial charge in [0.15, 0.2) is 0 Å². The topological polar surface area (TPSA) is 37.3 Å². The van der Waals surface area contributed by atoms with Gasteiger partial charge in [0.25, 0.3) is 0 Å². The molecule has 74 valence electrons. The summed E-state index contributed by atoms with van der Waals surface area (Å²) >= 11 is 0. The van der Waals surface area contributed by atoms with E-state index >= 15 is 0 Å². The lowest BCUT2D eigenvalue weighted by Gasteiger charge is -1.79. The smallest absolute Gasteiger partial charge is 0.307 e. The highest BCUT2D eigenvalue weighted by Gasteiger charge is 1.86. The first-order chi connectivity index (χ1) is 6.77. The Labute approximate surface area is 84.3 Å². The largest absolute Gasteiger partial charge is 0.481 e. The summed E-state index contributed by atoms with van der Waals surface area (Å²) in [6.07, 6.45) is 16.1. The molecule has 0 spiro atoms. The molecule has 0 fully saturated rings. The van der Waals surface area contributed by atoms with Gasteiger partial charge in [0.1, 0.15) is 0 Å². The fourth-order valence-electron chi connectivity index (χ4n) is 0.647. The fourth-order valence-corrected chi connectivity index (χ4v) is 0.647. The van der Waals surface area contributed by atoms with E-state index in [1.54, 1.807) is 24.3 Å². The van der Waals surface area contributed by atoms with Gasteiger partial charge >= 0.3 is 5.97 Å². The molecule has 0 radical (unpaired) electrons. The van der Waals surface area contributed by atoms with Gasteiger partial charge in [0.05, 0.1) is 6.42 Å². The van der Waals surface area contributed by atoms with Crippen molar-refractivity contribution in [1.29, 1.82) is 0 Å². The number of allylic oxidation sites excluding steroid dienone is 8. The monoisotopic (exact) mass is 190 g/mol. The Hall–Kier alpha value is -1.83. The van der Waals surface area contributed by atoms with Crippen LogP contribution in [0.5, 0.6) is 0 Å². The molecule has 0 heterocycles. The molecule has 1 N–H and O–H groups in total. The van der Waals surface area contributed by atoms with E-state index in [0.717, 1.165) is 0 Å². The Morgan fingerprint density at radius 2 is 1.50 bits per heavy atom. The first-order valence-corrected chi connectivity index (χ1v) is 4.26. The van der Waals surface area contributed by atoms with E-state index in [0.29, 0.717) is 0 Å². The standard InChI is InChI=1S/C12H14O2/c1-2-3-4-5-6-7-8-9-10-11-12(13)14/h2-10H,1,11H2,(H,13,14)/b4-3+,6-5+,8-7+,10-9+. The zero-order valence-corrected chi connectivity index (χ0v) is 7.97. The highest BCUT2D eigenvalue weighted by molar-refractivity contribution is 5.68. The summed E-state index contributed by atoms with van der Waals surface area (Å²) in [4.78, 5) is 10.1. The molecule has 0 saturated carbocycles. The van der Waals surface area contributed by atoms with Crippen molar-refractivity contribution < 1.29 is 9.90 Å². The summed E-state index contributed by atoms with van der Waals surface area (Å²) in [5.41, 5.74) is 0. The molecule has 0 saturated heterocycles. The van der Waals surface area contributed by atoms with Crippen molar-refractivity contribution in [2.45, 2.75) is 6.42 Å². The van der Waals surface area contributed by atoms with Crippen LogP contribution in [-0.4, -0.2) is 11.1 Å². The van der Waals surface area contributed by atoms with Gasteiger partial charge in [-0.2, -0.15) is 0 Å². The molecule has 0 aliphatic rings. The van der Waals surface area contributed by atoms with Crippen LogP contribution in [0, 0.1) is 0 Å². The van der Waals surface area contributed by atoms with E-state index in [4.69, 9.17) is 5.11 Å². The van der Waals surface area contributed by atoms with Gasteiger partial charge in [-0.05, 0) is 0 Å². The van der Waals surface area contributed by atoms with E-state index < -0.39 is 5.97 Å². The number of hydrogen-bond acceptors (Lipinski definition) is 1. The number of aliphatic carboxylic acids is 1. The van der Waals surface area contributed by atoms with Gasteiger partial charge in [-0.15, -0.1) is 0 Å². The molecule has 0 aromatic heterocycles. The molecule has 0 aromatic carbocycles. The van der Waals surface area contributed by atoms with E-state index in [1.165, 1.54) is 0 Å². The average Bonchev–Trinajstić information content (AvgIpc) is 2.15. The van der Waals surface area contributed by atoms with E-state index in [9.17, 15) is 4.79 Å². The minimum Gasteiger partial charge on any atom is -0.481 e. The lowest BCUT2D eigenvalue weighted by Crippen LogP contribution is -1.89.